The number of amides is 1. The molecule has 0 unspecified atom stereocenters. The minimum absolute atomic E-state index is 0.0352. The molecule has 1 fully saturated rings. The number of halogens is 1. The Bertz CT molecular complexity index is 993. The molecule has 1 saturated carbocycles. The highest BCUT2D eigenvalue weighted by atomic mass is 35.5. The molecule has 3 N–H and O–H groups in total. The first-order valence-electron chi connectivity index (χ1n) is 8.64. The number of carbonyl (C=O) groups excluding carboxylic acids is 1. The molecular formula is C18H19ClN4O3S. The van der Waals surface area contributed by atoms with Crippen LogP contribution in [0.2, 0.25) is 5.02 Å². The van der Waals surface area contributed by atoms with E-state index >= 15 is 0 Å². The zero-order valence-electron chi connectivity index (χ0n) is 14.4. The number of nitrogens with one attached hydrogen (secondary N) is 2. The highest BCUT2D eigenvalue weighted by Crippen LogP contribution is 2.31. The molecule has 27 heavy (non-hydrogen) atoms. The SMILES string of the molecule is O=C(N/N=C\c1c(O)n(C2CCCCC2)c(=S)[nH]c1=O)c1ccccc1Cl. The summed E-state index contributed by atoms with van der Waals surface area (Å²) in [4.78, 5) is 26.9. The predicted molar refractivity (Wildman–Crippen MR) is 106 cm³/mol. The molecule has 1 aliphatic rings. The summed E-state index contributed by atoms with van der Waals surface area (Å²) in [6, 6.07) is 6.57. The van der Waals surface area contributed by atoms with Crippen LogP contribution in [0.4, 0.5) is 0 Å². The van der Waals surface area contributed by atoms with Crippen molar-refractivity contribution in [2.75, 3.05) is 0 Å². The van der Waals surface area contributed by atoms with Gasteiger partial charge in [0.15, 0.2) is 4.77 Å². The van der Waals surface area contributed by atoms with Crippen molar-refractivity contribution in [2.45, 2.75) is 38.1 Å². The Balaban J connectivity index is 1.85. The summed E-state index contributed by atoms with van der Waals surface area (Å²) < 4.78 is 1.74. The van der Waals surface area contributed by atoms with Crippen LogP contribution in [0.3, 0.4) is 0 Å². The number of nitrogens with zero attached hydrogens (tertiary/aromatic N) is 2. The van der Waals surface area contributed by atoms with Crippen molar-refractivity contribution in [3.05, 3.63) is 55.5 Å². The van der Waals surface area contributed by atoms with E-state index in [0.717, 1.165) is 38.3 Å². The molecule has 1 aromatic carbocycles. The van der Waals surface area contributed by atoms with Crippen molar-refractivity contribution in [2.24, 2.45) is 5.10 Å². The lowest BCUT2D eigenvalue weighted by atomic mass is 9.95. The van der Waals surface area contributed by atoms with Crippen LogP contribution in [-0.4, -0.2) is 26.8 Å². The van der Waals surface area contributed by atoms with Crippen LogP contribution in [0.1, 0.15) is 54.1 Å². The van der Waals surface area contributed by atoms with Crippen molar-refractivity contribution in [1.82, 2.24) is 15.0 Å². The summed E-state index contributed by atoms with van der Waals surface area (Å²) in [6.07, 6.45) is 6.11. The molecule has 1 aliphatic carbocycles. The number of hydrogen-bond acceptors (Lipinski definition) is 5. The van der Waals surface area contributed by atoms with Gasteiger partial charge in [-0.1, -0.05) is 43.0 Å². The normalized spacial score (nSPS) is 15.1. The van der Waals surface area contributed by atoms with Crippen molar-refractivity contribution in [1.29, 1.82) is 0 Å². The first-order chi connectivity index (χ1) is 13.0. The Labute approximate surface area is 165 Å². The third kappa shape index (κ3) is 4.28. The number of aromatic amines is 1. The van der Waals surface area contributed by atoms with Crippen LogP contribution in [0.5, 0.6) is 5.88 Å². The summed E-state index contributed by atoms with van der Waals surface area (Å²) in [7, 11) is 0. The quantitative estimate of drug-likeness (QED) is 0.411. The highest BCUT2D eigenvalue weighted by Gasteiger charge is 2.21. The average Bonchev–Trinajstić information content (AvgIpc) is 2.65. The molecule has 0 radical (unpaired) electrons. The van der Waals surface area contributed by atoms with Gasteiger partial charge < -0.3 is 5.11 Å². The van der Waals surface area contributed by atoms with Crippen LogP contribution in [0.15, 0.2) is 34.2 Å². The first kappa shape index (κ1) is 19.3. The summed E-state index contributed by atoms with van der Waals surface area (Å²) in [5.74, 6) is -0.765. The summed E-state index contributed by atoms with van der Waals surface area (Å²) in [5.41, 5.74) is 1.93. The molecule has 9 heteroatoms. The molecule has 0 aliphatic heterocycles. The zero-order valence-corrected chi connectivity index (χ0v) is 16.0. The van der Waals surface area contributed by atoms with Gasteiger partial charge in [-0.3, -0.25) is 19.1 Å². The fourth-order valence-corrected chi connectivity index (χ4v) is 3.76. The van der Waals surface area contributed by atoms with Gasteiger partial charge in [-0.2, -0.15) is 5.10 Å². The molecule has 0 bridgehead atoms. The van der Waals surface area contributed by atoms with Crippen molar-refractivity contribution < 1.29 is 9.90 Å². The molecule has 142 valence electrons. The van der Waals surface area contributed by atoms with Gasteiger partial charge in [0.2, 0.25) is 5.88 Å². The third-order valence-corrected chi connectivity index (χ3v) is 5.20. The maximum atomic E-state index is 12.2. The fourth-order valence-electron chi connectivity index (χ4n) is 3.21. The van der Waals surface area contributed by atoms with E-state index < -0.39 is 11.5 Å². The largest absolute Gasteiger partial charge is 0.494 e. The van der Waals surface area contributed by atoms with Crippen LogP contribution in [0, 0.1) is 4.77 Å². The Kier molecular flexibility index (Phi) is 6.08. The number of rotatable bonds is 4. The van der Waals surface area contributed by atoms with Gasteiger partial charge in [-0.15, -0.1) is 0 Å². The van der Waals surface area contributed by atoms with E-state index in [1.54, 1.807) is 28.8 Å². The lowest BCUT2D eigenvalue weighted by Crippen LogP contribution is -2.24. The van der Waals surface area contributed by atoms with Crippen molar-refractivity contribution in [3.63, 3.8) is 0 Å². The molecule has 7 nitrogen and oxygen atoms in total. The molecule has 2 aromatic rings. The number of carbonyl (C=O) groups is 1. The lowest BCUT2D eigenvalue weighted by Gasteiger charge is -2.25. The second-order valence-corrected chi connectivity index (χ2v) is 7.13. The van der Waals surface area contributed by atoms with Crippen molar-refractivity contribution in [3.8, 4) is 5.88 Å². The third-order valence-electron chi connectivity index (χ3n) is 4.57. The second-order valence-electron chi connectivity index (χ2n) is 6.34. The van der Waals surface area contributed by atoms with Gasteiger partial charge >= 0.3 is 0 Å². The standard InChI is InChI=1S/C18H19ClN4O3S/c19-14-9-5-4-8-12(14)16(25)22-20-10-13-15(24)21-18(27)23(17(13)26)11-6-2-1-3-7-11/h4-5,8-11,26H,1-3,6-7H2,(H,22,25)(H,21,24,27)/b20-10-. The van der Waals surface area contributed by atoms with E-state index in [0.29, 0.717) is 0 Å². The molecule has 1 aromatic heterocycles. The van der Waals surface area contributed by atoms with Gasteiger partial charge in [-0.05, 0) is 37.2 Å². The minimum atomic E-state index is -0.569. The van der Waals surface area contributed by atoms with Crippen LogP contribution < -0.4 is 11.0 Å². The Hall–Kier alpha value is -2.45. The second kappa shape index (κ2) is 8.49. The summed E-state index contributed by atoms with van der Waals surface area (Å²) >= 11 is 11.2. The van der Waals surface area contributed by atoms with Gasteiger partial charge in [0.1, 0.15) is 5.56 Å². The number of H-pyrrole nitrogens is 1. The number of aromatic hydroxyl groups is 1. The maximum absolute atomic E-state index is 12.2. The van der Waals surface area contributed by atoms with Crippen LogP contribution >= 0.6 is 23.8 Å². The molecule has 3 rings (SSSR count). The molecule has 1 heterocycles. The molecule has 0 atom stereocenters. The number of hydrogen-bond donors (Lipinski definition) is 3. The van der Waals surface area contributed by atoms with Gasteiger partial charge in [-0.25, -0.2) is 5.43 Å². The zero-order chi connectivity index (χ0) is 19.4. The van der Waals surface area contributed by atoms with Crippen molar-refractivity contribution >= 4 is 35.9 Å². The number of hydrazone groups is 1. The van der Waals surface area contributed by atoms with E-state index in [9.17, 15) is 14.7 Å². The van der Waals surface area contributed by atoms with Gasteiger partial charge in [0, 0.05) is 6.04 Å². The molecule has 0 spiro atoms. The number of aromatic nitrogens is 2. The maximum Gasteiger partial charge on any atom is 0.272 e. The topological polar surface area (TPSA) is 99.5 Å². The van der Waals surface area contributed by atoms with E-state index in [4.69, 9.17) is 23.8 Å². The Morgan fingerprint density at radius 3 is 2.74 bits per heavy atom. The predicted octanol–water partition coefficient (Wildman–Crippen LogP) is 3.53. The van der Waals surface area contributed by atoms with Gasteiger partial charge in [0.25, 0.3) is 11.5 Å². The first-order valence-corrected chi connectivity index (χ1v) is 9.43. The monoisotopic (exact) mass is 406 g/mol. The number of benzene rings is 1. The van der Waals surface area contributed by atoms with Gasteiger partial charge in [0.05, 0.1) is 16.8 Å². The molecule has 0 saturated heterocycles. The minimum Gasteiger partial charge on any atom is -0.494 e. The summed E-state index contributed by atoms with van der Waals surface area (Å²) in [5, 5.41) is 14.7. The van der Waals surface area contributed by atoms with E-state index in [1.165, 1.54) is 0 Å². The fraction of sp³-hybridized carbons (Fsp3) is 0.333. The lowest BCUT2D eigenvalue weighted by molar-refractivity contribution is 0.0955. The molecule has 1 amide bonds. The van der Waals surface area contributed by atoms with Crippen LogP contribution in [0.25, 0.3) is 0 Å². The highest BCUT2D eigenvalue weighted by molar-refractivity contribution is 7.71. The Morgan fingerprint density at radius 1 is 1.33 bits per heavy atom. The summed E-state index contributed by atoms with van der Waals surface area (Å²) in [6.45, 7) is 0. The van der Waals surface area contributed by atoms with E-state index in [-0.39, 0.29) is 32.8 Å². The van der Waals surface area contributed by atoms with E-state index in [2.05, 4.69) is 15.5 Å². The smallest absolute Gasteiger partial charge is 0.272 e. The van der Waals surface area contributed by atoms with E-state index in [1.807, 2.05) is 0 Å². The van der Waals surface area contributed by atoms with Crippen LogP contribution in [-0.2, 0) is 0 Å². The molecular weight excluding hydrogens is 388 g/mol. The Morgan fingerprint density at radius 2 is 2.04 bits per heavy atom. The average molecular weight is 407 g/mol.